The van der Waals surface area contributed by atoms with Crippen LogP contribution in [0.5, 0.6) is 0 Å². The zero-order valence-electron chi connectivity index (χ0n) is 17.3. The second kappa shape index (κ2) is 9.00. The number of nitrogens with zero attached hydrogens (tertiary/aromatic N) is 2. The highest BCUT2D eigenvalue weighted by Gasteiger charge is 2.27. The van der Waals surface area contributed by atoms with E-state index in [4.69, 9.17) is 0 Å². The minimum atomic E-state index is -0.464. The molecule has 1 saturated heterocycles. The average Bonchev–Trinajstić information content (AvgIpc) is 2.77. The Morgan fingerprint density at radius 1 is 1.00 bits per heavy atom. The fourth-order valence-corrected chi connectivity index (χ4v) is 3.67. The number of carbonyl (C=O) groups excluding carboxylic acids is 2. The van der Waals surface area contributed by atoms with E-state index in [0.717, 1.165) is 17.7 Å². The molecule has 3 amide bonds. The van der Waals surface area contributed by atoms with E-state index in [9.17, 15) is 14.0 Å². The molecular formula is C25H24FN3O2. The van der Waals surface area contributed by atoms with Gasteiger partial charge in [0.25, 0.3) is 5.91 Å². The highest BCUT2D eigenvalue weighted by atomic mass is 19.1. The van der Waals surface area contributed by atoms with Crippen molar-refractivity contribution in [3.8, 4) is 0 Å². The van der Waals surface area contributed by atoms with Gasteiger partial charge in [-0.25, -0.2) is 9.18 Å². The Bertz CT molecular complexity index is 1100. The van der Waals surface area contributed by atoms with Crippen LogP contribution in [0.3, 0.4) is 0 Å². The van der Waals surface area contributed by atoms with Crippen molar-refractivity contribution >= 4 is 23.3 Å². The number of rotatable bonds is 5. The van der Waals surface area contributed by atoms with Crippen LogP contribution in [0.4, 0.5) is 20.6 Å². The van der Waals surface area contributed by atoms with Crippen LogP contribution in [0.25, 0.3) is 0 Å². The third kappa shape index (κ3) is 4.91. The molecule has 0 unspecified atom stereocenters. The minimum absolute atomic E-state index is 0.0552. The molecule has 5 nitrogen and oxygen atoms in total. The zero-order chi connectivity index (χ0) is 21.8. The SMILES string of the molecule is Cc1ccc(CN2CCCN(c3cccc(NC(=O)c4cccc(F)c4)c3)C2=O)cc1. The first kappa shape index (κ1) is 20.6. The number of hydrogen-bond donors (Lipinski definition) is 1. The number of aryl methyl sites for hydroxylation is 1. The summed E-state index contributed by atoms with van der Waals surface area (Å²) < 4.78 is 13.4. The lowest BCUT2D eigenvalue weighted by Crippen LogP contribution is -2.49. The number of halogens is 1. The standard InChI is InChI=1S/C25H24FN3O2/c1-18-9-11-19(12-10-18)17-28-13-4-14-29(25(28)31)23-8-3-7-22(16-23)27-24(30)20-5-2-6-21(26)15-20/h2-3,5-12,15-16H,4,13-14,17H2,1H3,(H,27,30). The summed E-state index contributed by atoms with van der Waals surface area (Å²) in [4.78, 5) is 29.1. The molecule has 3 aromatic rings. The summed E-state index contributed by atoms with van der Waals surface area (Å²) in [5, 5.41) is 2.78. The lowest BCUT2D eigenvalue weighted by molar-refractivity contribution is 0.102. The van der Waals surface area contributed by atoms with E-state index in [0.29, 0.717) is 25.3 Å². The monoisotopic (exact) mass is 417 g/mol. The Labute approximate surface area is 181 Å². The maximum Gasteiger partial charge on any atom is 0.324 e. The van der Waals surface area contributed by atoms with Gasteiger partial charge < -0.3 is 10.2 Å². The van der Waals surface area contributed by atoms with E-state index >= 15 is 0 Å². The van der Waals surface area contributed by atoms with Crippen molar-refractivity contribution in [1.82, 2.24) is 4.90 Å². The summed E-state index contributed by atoms with van der Waals surface area (Å²) in [6.45, 7) is 3.92. The summed E-state index contributed by atoms with van der Waals surface area (Å²) in [6, 6.07) is 20.8. The predicted octanol–water partition coefficient (Wildman–Crippen LogP) is 5.22. The Balaban J connectivity index is 1.48. The van der Waals surface area contributed by atoms with Crippen LogP contribution in [0.15, 0.2) is 72.8 Å². The molecular weight excluding hydrogens is 393 g/mol. The van der Waals surface area contributed by atoms with E-state index in [1.807, 2.05) is 42.2 Å². The number of anilines is 2. The first-order valence-electron chi connectivity index (χ1n) is 10.3. The molecule has 6 heteroatoms. The zero-order valence-corrected chi connectivity index (χ0v) is 17.3. The molecule has 1 fully saturated rings. The van der Waals surface area contributed by atoms with Gasteiger partial charge in [-0.05, 0) is 55.3 Å². The molecule has 1 aliphatic heterocycles. The van der Waals surface area contributed by atoms with Crippen LogP contribution in [0.2, 0.25) is 0 Å². The topological polar surface area (TPSA) is 52.6 Å². The van der Waals surface area contributed by atoms with Gasteiger partial charge in [-0.3, -0.25) is 9.69 Å². The normalized spacial score (nSPS) is 13.9. The van der Waals surface area contributed by atoms with Gasteiger partial charge in [0, 0.05) is 36.6 Å². The lowest BCUT2D eigenvalue weighted by atomic mass is 10.1. The second-order valence-corrected chi connectivity index (χ2v) is 7.71. The van der Waals surface area contributed by atoms with Gasteiger partial charge in [0.2, 0.25) is 0 Å². The predicted molar refractivity (Wildman–Crippen MR) is 120 cm³/mol. The smallest absolute Gasteiger partial charge is 0.322 e. The molecule has 0 bridgehead atoms. The number of nitrogens with one attached hydrogen (secondary N) is 1. The molecule has 0 aliphatic carbocycles. The second-order valence-electron chi connectivity index (χ2n) is 7.71. The minimum Gasteiger partial charge on any atom is -0.322 e. The number of urea groups is 1. The van der Waals surface area contributed by atoms with Crippen molar-refractivity contribution in [3.05, 3.63) is 95.3 Å². The first-order valence-corrected chi connectivity index (χ1v) is 10.3. The van der Waals surface area contributed by atoms with Gasteiger partial charge in [0.1, 0.15) is 5.82 Å². The Hall–Kier alpha value is -3.67. The summed E-state index contributed by atoms with van der Waals surface area (Å²) in [5.41, 5.74) is 3.79. The Morgan fingerprint density at radius 3 is 2.55 bits per heavy atom. The van der Waals surface area contributed by atoms with Crippen molar-refractivity contribution in [3.63, 3.8) is 0 Å². The van der Waals surface area contributed by atoms with Crippen molar-refractivity contribution in [2.24, 2.45) is 0 Å². The van der Waals surface area contributed by atoms with E-state index < -0.39 is 11.7 Å². The number of carbonyl (C=O) groups is 2. The van der Waals surface area contributed by atoms with Crippen LogP contribution >= 0.6 is 0 Å². The number of hydrogen-bond acceptors (Lipinski definition) is 2. The number of benzene rings is 3. The van der Waals surface area contributed by atoms with E-state index in [1.54, 1.807) is 29.2 Å². The van der Waals surface area contributed by atoms with E-state index in [-0.39, 0.29) is 11.6 Å². The molecule has 158 valence electrons. The quantitative estimate of drug-likeness (QED) is 0.619. The Morgan fingerprint density at radius 2 is 1.77 bits per heavy atom. The molecule has 0 saturated carbocycles. The summed E-state index contributed by atoms with van der Waals surface area (Å²) >= 11 is 0. The van der Waals surface area contributed by atoms with Gasteiger partial charge in [0.15, 0.2) is 0 Å². The molecule has 0 atom stereocenters. The molecule has 0 radical (unpaired) electrons. The average molecular weight is 417 g/mol. The maximum atomic E-state index is 13.4. The third-order valence-corrected chi connectivity index (χ3v) is 5.31. The van der Waals surface area contributed by atoms with Crippen LogP contribution in [0, 0.1) is 12.7 Å². The molecule has 0 aromatic heterocycles. The molecule has 1 aliphatic rings. The fourth-order valence-electron chi connectivity index (χ4n) is 3.67. The molecule has 1 N–H and O–H groups in total. The molecule has 3 aromatic carbocycles. The van der Waals surface area contributed by atoms with Crippen LogP contribution in [0.1, 0.15) is 27.9 Å². The van der Waals surface area contributed by atoms with Crippen LogP contribution < -0.4 is 10.2 Å². The van der Waals surface area contributed by atoms with E-state index in [1.165, 1.54) is 23.8 Å². The lowest BCUT2D eigenvalue weighted by Gasteiger charge is -2.36. The van der Waals surface area contributed by atoms with Gasteiger partial charge in [-0.2, -0.15) is 0 Å². The highest BCUT2D eigenvalue weighted by Crippen LogP contribution is 2.25. The maximum absolute atomic E-state index is 13.4. The van der Waals surface area contributed by atoms with Crippen molar-refractivity contribution < 1.29 is 14.0 Å². The van der Waals surface area contributed by atoms with Crippen molar-refractivity contribution in [1.29, 1.82) is 0 Å². The van der Waals surface area contributed by atoms with Gasteiger partial charge in [0.05, 0.1) is 0 Å². The van der Waals surface area contributed by atoms with Crippen molar-refractivity contribution in [2.75, 3.05) is 23.3 Å². The third-order valence-electron chi connectivity index (χ3n) is 5.31. The van der Waals surface area contributed by atoms with Crippen LogP contribution in [-0.4, -0.2) is 29.9 Å². The molecule has 4 rings (SSSR count). The highest BCUT2D eigenvalue weighted by molar-refractivity contribution is 6.04. The van der Waals surface area contributed by atoms with Crippen LogP contribution in [-0.2, 0) is 6.54 Å². The van der Waals surface area contributed by atoms with Gasteiger partial charge >= 0.3 is 6.03 Å². The summed E-state index contributed by atoms with van der Waals surface area (Å²) in [6.07, 6.45) is 0.859. The summed E-state index contributed by atoms with van der Waals surface area (Å²) in [7, 11) is 0. The molecule has 0 spiro atoms. The largest absolute Gasteiger partial charge is 0.324 e. The first-order chi connectivity index (χ1) is 15.0. The number of amides is 3. The van der Waals surface area contributed by atoms with E-state index in [2.05, 4.69) is 5.32 Å². The van der Waals surface area contributed by atoms with Crippen molar-refractivity contribution in [2.45, 2.75) is 19.9 Å². The molecule has 31 heavy (non-hydrogen) atoms. The van der Waals surface area contributed by atoms with Gasteiger partial charge in [-0.15, -0.1) is 0 Å². The summed E-state index contributed by atoms with van der Waals surface area (Å²) in [5.74, 6) is -0.864. The Kier molecular flexibility index (Phi) is 5.98. The fraction of sp³-hybridized carbons (Fsp3) is 0.200. The molecule has 1 heterocycles. The van der Waals surface area contributed by atoms with Gasteiger partial charge in [-0.1, -0.05) is 42.0 Å².